The Hall–Kier alpha value is -8.82. The van der Waals surface area contributed by atoms with Gasteiger partial charge in [0.15, 0.2) is 23.2 Å². The molecule has 2 N–H and O–H groups in total. The molecule has 4 amide bonds. The van der Waals surface area contributed by atoms with Crippen molar-refractivity contribution < 1.29 is 101 Å². The van der Waals surface area contributed by atoms with Crippen LogP contribution in [-0.4, -0.2) is 147 Å². The molecule has 558 valence electrons. The standard InChI is InChI=1S/C30H30F4N6O6S.C21H23BF4N2O4.C15H19BrN4O4S/c1-28(2,3)45-27(42)40(24-16-37-26(47-24)44-10-9-43-4)25-35-14-19(15-36-25)17-5-6-18(20(31)11-17)12-23(41)38-22-13-21(46-39-22)29(7-8-29)30(32,33)34;1-18(2)19(3,4)32-22(31-18)13-6-5-12(14(23)10-13)9-17(29)27-16-11-15(30-28-16)20(7-8-20)21(24,25)26;1-15(2,3)24-14(21)20(12-17-7-10(16)8-18-12)11-9-19-13(25-11)23-6-5-22-4/h5-6,11,13-16H,7-10,12H2,1-4H3,(H,38,39,41);5-6,10-11H,7-9H2,1-4H3,(H,27,28,29);7-9H,5-6H2,1-4H3. The highest BCUT2D eigenvalue weighted by molar-refractivity contribution is 9.10. The van der Waals surface area contributed by atoms with Gasteiger partial charge in [0, 0.05) is 56.7 Å². The van der Waals surface area contributed by atoms with Gasteiger partial charge in [-0.2, -0.15) is 26.3 Å². The molecule has 104 heavy (non-hydrogen) atoms. The molecule has 11 rings (SSSR count). The molecule has 0 spiro atoms. The fourth-order valence-electron chi connectivity index (χ4n) is 9.56. The zero-order valence-corrected chi connectivity index (χ0v) is 61.4. The summed E-state index contributed by atoms with van der Waals surface area (Å²) in [5.41, 5.74) is -5.32. The molecule has 0 atom stereocenters. The second kappa shape index (κ2) is 31.9. The molecule has 0 radical (unpaired) electrons. The summed E-state index contributed by atoms with van der Waals surface area (Å²) in [5, 5.41) is 13.3. The van der Waals surface area contributed by atoms with Crippen molar-refractivity contribution in [2.24, 2.45) is 0 Å². The summed E-state index contributed by atoms with van der Waals surface area (Å²) in [4.78, 5) is 78.3. The maximum Gasteiger partial charge on any atom is 0.494 e. The van der Waals surface area contributed by atoms with Crippen molar-refractivity contribution in [3.05, 3.63) is 124 Å². The van der Waals surface area contributed by atoms with Crippen LogP contribution in [0.25, 0.3) is 11.1 Å². The van der Waals surface area contributed by atoms with Crippen LogP contribution in [0.1, 0.15) is 118 Å². The number of amides is 4. The van der Waals surface area contributed by atoms with E-state index in [4.69, 9.17) is 46.8 Å². The first kappa shape index (κ1) is 79.3. The van der Waals surface area contributed by atoms with Crippen molar-refractivity contribution in [2.45, 2.75) is 153 Å². The number of benzene rings is 2. The van der Waals surface area contributed by atoms with Gasteiger partial charge in [-0.3, -0.25) is 9.59 Å². The molecule has 8 aromatic rings. The number of ether oxygens (including phenoxy) is 6. The van der Waals surface area contributed by atoms with E-state index in [1.54, 1.807) is 73.2 Å². The maximum atomic E-state index is 15.1. The number of nitrogens with zero attached hydrogens (tertiary/aromatic N) is 10. The molecule has 0 unspecified atom stereocenters. The van der Waals surface area contributed by atoms with Gasteiger partial charge in [-0.1, -0.05) is 57.3 Å². The number of rotatable bonds is 22. The van der Waals surface area contributed by atoms with E-state index in [1.165, 1.54) is 72.4 Å². The van der Waals surface area contributed by atoms with Gasteiger partial charge in [-0.05, 0) is 145 Å². The van der Waals surface area contributed by atoms with Gasteiger partial charge in [-0.25, -0.2) is 58.1 Å². The Kier molecular flexibility index (Phi) is 24.3. The summed E-state index contributed by atoms with van der Waals surface area (Å²) in [5.74, 6) is -3.55. The summed E-state index contributed by atoms with van der Waals surface area (Å²) in [6.07, 6.45) is -2.60. The Morgan fingerprint density at radius 3 is 1.34 bits per heavy atom. The highest BCUT2D eigenvalue weighted by Crippen LogP contribution is 2.60. The monoisotopic (exact) mass is 1560 g/mol. The number of carbonyl (C=O) groups excluding carboxylic acids is 4. The van der Waals surface area contributed by atoms with Crippen molar-refractivity contribution in [3.8, 4) is 21.5 Å². The maximum absolute atomic E-state index is 15.1. The second-order valence-corrected chi connectivity index (χ2v) is 29.6. The normalized spacial score (nSPS) is 15.5. The summed E-state index contributed by atoms with van der Waals surface area (Å²) in [7, 11) is 2.39. The van der Waals surface area contributed by atoms with Crippen LogP contribution >= 0.6 is 38.6 Å². The molecule has 3 fully saturated rings. The number of halogens is 9. The number of nitrogens with one attached hydrogen (secondary N) is 2. The number of hydrogen-bond acceptors (Lipinski definition) is 24. The van der Waals surface area contributed by atoms with E-state index < -0.39 is 94.8 Å². The first-order valence-electron chi connectivity index (χ1n) is 31.8. The van der Waals surface area contributed by atoms with Crippen LogP contribution in [0.3, 0.4) is 0 Å². The largest absolute Gasteiger partial charge is 0.494 e. The summed E-state index contributed by atoms with van der Waals surface area (Å²) in [6, 6.07) is 10.6. The van der Waals surface area contributed by atoms with E-state index >= 15 is 4.39 Å². The minimum absolute atomic E-state index is 0.0253. The molecule has 26 nitrogen and oxygen atoms in total. The molecule has 7 heterocycles. The van der Waals surface area contributed by atoms with Crippen LogP contribution in [0, 0.1) is 11.6 Å². The first-order chi connectivity index (χ1) is 48.7. The van der Waals surface area contributed by atoms with Gasteiger partial charge in [0.1, 0.15) is 56.9 Å². The molecular formula is C66H72BBrF8N12O14S2. The Balaban J connectivity index is 0.000000192. The van der Waals surface area contributed by atoms with Crippen molar-refractivity contribution >= 4 is 109 Å². The summed E-state index contributed by atoms with van der Waals surface area (Å²) >= 11 is 5.54. The number of alkyl halides is 6. The van der Waals surface area contributed by atoms with Gasteiger partial charge in [0.2, 0.25) is 23.7 Å². The van der Waals surface area contributed by atoms with Gasteiger partial charge in [-0.15, -0.1) is 0 Å². The smallest absolute Gasteiger partial charge is 0.468 e. The lowest BCUT2D eigenvalue weighted by molar-refractivity contribution is -0.166. The number of hydrogen-bond donors (Lipinski definition) is 2. The van der Waals surface area contributed by atoms with Crippen LogP contribution in [-0.2, 0) is 61.5 Å². The van der Waals surface area contributed by atoms with Crippen LogP contribution in [0.2, 0.25) is 0 Å². The van der Waals surface area contributed by atoms with Crippen molar-refractivity contribution in [2.75, 3.05) is 61.1 Å². The van der Waals surface area contributed by atoms with Crippen LogP contribution in [0.4, 0.5) is 78.2 Å². The highest BCUT2D eigenvalue weighted by Gasteiger charge is 2.68. The molecule has 1 saturated heterocycles. The van der Waals surface area contributed by atoms with Gasteiger partial charge in [0.25, 0.3) is 10.4 Å². The molecule has 2 aromatic carbocycles. The molecule has 1 aliphatic heterocycles. The molecule has 2 saturated carbocycles. The zero-order chi connectivity index (χ0) is 76.0. The Bertz CT molecular complexity index is 4300. The van der Waals surface area contributed by atoms with Crippen LogP contribution < -0.4 is 35.4 Å². The molecular weight excluding hydrogens is 1490 g/mol. The lowest BCUT2D eigenvalue weighted by Gasteiger charge is -2.32. The molecule has 38 heteroatoms. The minimum Gasteiger partial charge on any atom is -0.468 e. The number of carbonyl (C=O) groups is 4. The molecule has 2 aliphatic carbocycles. The Labute approximate surface area is 607 Å². The highest BCUT2D eigenvalue weighted by atomic mass is 79.9. The quantitative estimate of drug-likeness (QED) is 0.0362. The topological polar surface area (TPSA) is 302 Å². The minimum atomic E-state index is -4.49. The summed E-state index contributed by atoms with van der Waals surface area (Å²) in [6.45, 7) is 19.5. The average Bonchev–Trinajstić information content (AvgIpc) is 1.53. The molecule has 0 bridgehead atoms. The number of anilines is 6. The predicted molar refractivity (Wildman–Crippen MR) is 367 cm³/mol. The fourth-order valence-corrected chi connectivity index (χ4v) is 11.3. The van der Waals surface area contributed by atoms with Crippen LogP contribution in [0.15, 0.2) is 99.2 Å². The lowest BCUT2D eigenvalue weighted by Crippen LogP contribution is -2.41. The number of methoxy groups -OCH3 is 2. The number of aromatic nitrogens is 8. The van der Waals surface area contributed by atoms with Crippen molar-refractivity contribution in [1.82, 2.24) is 40.2 Å². The fraction of sp³-hybridized carbons (Fsp3) is 0.455. The SMILES string of the molecule is CC1(C)OB(c2ccc(CC(=O)Nc3cc(C4(C(F)(F)F)CC4)on3)c(F)c2)OC1(C)C.COCCOc1ncc(N(C(=O)OC(C)(C)C)c2ncc(-c3ccc(CC(=O)Nc4cc(C5(C(F)(F)F)CC5)on4)c(F)c3)cn2)s1.COCCOc1ncc(N(C(=O)OC(C)(C)C)c2ncc(Br)cn2)s1. The van der Waals surface area contributed by atoms with Crippen molar-refractivity contribution in [1.29, 1.82) is 0 Å². The number of thiazole rings is 2. The Morgan fingerprint density at radius 1 is 0.558 bits per heavy atom. The third kappa shape index (κ3) is 19.8. The van der Waals surface area contributed by atoms with Gasteiger partial charge in [0.05, 0.1) is 54.1 Å². The molecule has 3 aliphatic rings. The summed E-state index contributed by atoms with van der Waals surface area (Å²) < 4.78 is 163. The van der Waals surface area contributed by atoms with E-state index in [9.17, 15) is 49.9 Å². The third-order valence-electron chi connectivity index (χ3n) is 16.0. The van der Waals surface area contributed by atoms with E-state index in [1.807, 2.05) is 27.7 Å². The Morgan fingerprint density at radius 2 is 0.962 bits per heavy atom. The lowest BCUT2D eigenvalue weighted by atomic mass is 9.78. The van der Waals surface area contributed by atoms with Gasteiger partial charge >= 0.3 is 31.7 Å². The third-order valence-corrected chi connectivity index (χ3v) is 18.2. The van der Waals surface area contributed by atoms with E-state index in [0.717, 1.165) is 28.4 Å². The van der Waals surface area contributed by atoms with Crippen LogP contribution in [0.5, 0.6) is 10.4 Å². The molecule has 6 aromatic heterocycles. The first-order valence-corrected chi connectivity index (χ1v) is 34.3. The van der Waals surface area contributed by atoms with E-state index in [2.05, 4.69) is 66.8 Å². The van der Waals surface area contributed by atoms with E-state index in [-0.39, 0.29) is 84.9 Å². The second-order valence-electron chi connectivity index (χ2n) is 26.7. The van der Waals surface area contributed by atoms with E-state index in [0.29, 0.717) is 61.3 Å². The van der Waals surface area contributed by atoms with Crippen molar-refractivity contribution in [3.63, 3.8) is 0 Å². The predicted octanol–water partition coefficient (Wildman–Crippen LogP) is 14.3. The zero-order valence-electron chi connectivity index (χ0n) is 58.1. The van der Waals surface area contributed by atoms with Gasteiger partial charge < -0.3 is 57.4 Å². The average molecular weight is 1560 g/mol.